The molecule has 0 aliphatic heterocycles. The lowest BCUT2D eigenvalue weighted by molar-refractivity contribution is 0.318. The van der Waals surface area contributed by atoms with Crippen LogP contribution in [0.4, 0.5) is 13.2 Å². The second-order valence-corrected chi connectivity index (χ2v) is 4.90. The number of benzene rings is 2. The first kappa shape index (κ1) is 17.7. The number of ether oxygens (including phenoxy) is 1. The van der Waals surface area contributed by atoms with E-state index >= 15 is 0 Å². The van der Waals surface area contributed by atoms with Crippen molar-refractivity contribution in [2.45, 2.75) is 6.54 Å². The van der Waals surface area contributed by atoms with Crippen LogP contribution in [0.3, 0.4) is 0 Å². The zero-order valence-electron chi connectivity index (χ0n) is 13.2. The molecule has 24 heavy (non-hydrogen) atoms. The van der Waals surface area contributed by atoms with Crippen LogP contribution >= 0.6 is 0 Å². The van der Waals surface area contributed by atoms with Gasteiger partial charge in [-0.2, -0.15) is 0 Å². The van der Waals surface area contributed by atoms with Gasteiger partial charge in [-0.1, -0.05) is 12.1 Å². The number of nitrogens with one attached hydrogen (secondary N) is 2. The molecule has 0 aliphatic carbocycles. The van der Waals surface area contributed by atoms with E-state index in [0.717, 1.165) is 17.7 Å². The van der Waals surface area contributed by atoms with Gasteiger partial charge >= 0.3 is 0 Å². The summed E-state index contributed by atoms with van der Waals surface area (Å²) in [6.07, 6.45) is 0. The number of nitrogens with zero attached hydrogens (tertiary/aromatic N) is 1. The molecular weight excluding hydrogens is 319 g/mol. The Balaban J connectivity index is 1.71. The summed E-state index contributed by atoms with van der Waals surface area (Å²) in [5.41, 5.74) is 0.914. The fourth-order valence-corrected chi connectivity index (χ4v) is 1.91. The maximum Gasteiger partial charge on any atom is 0.191 e. The lowest BCUT2D eigenvalue weighted by Gasteiger charge is -2.12. The largest absolute Gasteiger partial charge is 0.492 e. The molecule has 2 aromatic carbocycles. The normalized spacial score (nSPS) is 11.2. The van der Waals surface area contributed by atoms with Crippen LogP contribution in [0.5, 0.6) is 5.75 Å². The van der Waals surface area contributed by atoms with Crippen molar-refractivity contribution in [3.63, 3.8) is 0 Å². The lowest BCUT2D eigenvalue weighted by atomic mass is 10.2. The van der Waals surface area contributed by atoms with Gasteiger partial charge in [0.15, 0.2) is 17.6 Å². The molecule has 2 rings (SSSR count). The topological polar surface area (TPSA) is 45.7 Å². The first-order chi connectivity index (χ1) is 11.6. The Labute approximate surface area is 138 Å². The summed E-state index contributed by atoms with van der Waals surface area (Å²) >= 11 is 0. The van der Waals surface area contributed by atoms with E-state index in [4.69, 9.17) is 4.74 Å². The zero-order chi connectivity index (χ0) is 17.4. The highest BCUT2D eigenvalue weighted by Crippen LogP contribution is 2.14. The number of hydrogen-bond donors (Lipinski definition) is 2. The van der Waals surface area contributed by atoms with Gasteiger partial charge in [-0.25, -0.2) is 13.2 Å². The SMILES string of the molecule is CN=C(NCCOc1ccc(F)c(F)c1)NCc1ccc(F)cc1. The molecule has 4 nitrogen and oxygen atoms in total. The van der Waals surface area contributed by atoms with E-state index in [2.05, 4.69) is 15.6 Å². The smallest absolute Gasteiger partial charge is 0.191 e. The Hall–Kier alpha value is -2.70. The molecule has 7 heteroatoms. The standard InChI is InChI=1S/C17H18F3N3O/c1-21-17(23-11-12-2-4-13(18)5-3-12)22-8-9-24-14-6-7-15(19)16(20)10-14/h2-7,10H,8-9,11H2,1H3,(H2,21,22,23). The van der Waals surface area contributed by atoms with Crippen molar-refractivity contribution in [1.82, 2.24) is 10.6 Å². The minimum atomic E-state index is -0.947. The van der Waals surface area contributed by atoms with Crippen LogP contribution in [-0.4, -0.2) is 26.2 Å². The molecule has 2 aromatic rings. The summed E-state index contributed by atoms with van der Waals surface area (Å²) in [5, 5.41) is 6.09. The van der Waals surface area contributed by atoms with Crippen LogP contribution in [0.2, 0.25) is 0 Å². The van der Waals surface area contributed by atoms with Gasteiger partial charge in [-0.3, -0.25) is 4.99 Å². The molecule has 0 spiro atoms. The van der Waals surface area contributed by atoms with E-state index in [1.54, 1.807) is 19.2 Å². The van der Waals surface area contributed by atoms with Gasteiger partial charge in [-0.05, 0) is 29.8 Å². The van der Waals surface area contributed by atoms with Crippen LogP contribution < -0.4 is 15.4 Å². The van der Waals surface area contributed by atoms with Crippen molar-refractivity contribution in [2.24, 2.45) is 4.99 Å². The number of hydrogen-bond acceptors (Lipinski definition) is 2. The summed E-state index contributed by atoms with van der Waals surface area (Å²) in [6, 6.07) is 9.52. The first-order valence-electron chi connectivity index (χ1n) is 7.35. The summed E-state index contributed by atoms with van der Waals surface area (Å²) in [7, 11) is 1.62. The number of rotatable bonds is 6. The highest BCUT2D eigenvalue weighted by molar-refractivity contribution is 5.79. The maximum atomic E-state index is 13.0. The summed E-state index contributed by atoms with van der Waals surface area (Å²) < 4.78 is 44.0. The molecule has 0 radical (unpaired) electrons. The zero-order valence-corrected chi connectivity index (χ0v) is 13.2. The van der Waals surface area contributed by atoms with Gasteiger partial charge in [-0.15, -0.1) is 0 Å². The second kappa shape index (κ2) is 8.81. The van der Waals surface area contributed by atoms with Crippen LogP contribution in [0.25, 0.3) is 0 Å². The average molecular weight is 337 g/mol. The Morgan fingerprint density at radius 2 is 1.75 bits per heavy atom. The lowest BCUT2D eigenvalue weighted by Crippen LogP contribution is -2.38. The molecular formula is C17H18F3N3O. The Morgan fingerprint density at radius 1 is 1.00 bits per heavy atom. The van der Waals surface area contributed by atoms with E-state index in [0.29, 0.717) is 19.0 Å². The predicted molar refractivity (Wildman–Crippen MR) is 86.5 cm³/mol. The van der Waals surface area contributed by atoms with Gasteiger partial charge in [0.1, 0.15) is 18.2 Å². The van der Waals surface area contributed by atoms with Crippen molar-refractivity contribution < 1.29 is 17.9 Å². The minimum absolute atomic E-state index is 0.252. The summed E-state index contributed by atoms with van der Waals surface area (Å²) in [4.78, 5) is 4.05. The maximum absolute atomic E-state index is 13.0. The van der Waals surface area contributed by atoms with Gasteiger partial charge in [0, 0.05) is 19.7 Å². The van der Waals surface area contributed by atoms with E-state index in [1.165, 1.54) is 18.2 Å². The van der Waals surface area contributed by atoms with Crippen molar-refractivity contribution in [3.05, 3.63) is 65.5 Å². The van der Waals surface area contributed by atoms with Crippen molar-refractivity contribution in [3.8, 4) is 5.75 Å². The fourth-order valence-electron chi connectivity index (χ4n) is 1.91. The number of aliphatic imine (C=N–C) groups is 1. The summed E-state index contributed by atoms with van der Waals surface area (Å²) in [6.45, 7) is 1.16. The number of guanidine groups is 1. The Morgan fingerprint density at radius 3 is 2.42 bits per heavy atom. The van der Waals surface area contributed by atoms with Gasteiger partial charge < -0.3 is 15.4 Å². The average Bonchev–Trinajstić information content (AvgIpc) is 2.59. The van der Waals surface area contributed by atoms with Crippen LogP contribution in [0.15, 0.2) is 47.5 Å². The molecule has 0 heterocycles. The molecule has 0 aliphatic rings. The molecule has 2 N–H and O–H groups in total. The van der Waals surface area contributed by atoms with E-state index in [1.807, 2.05) is 0 Å². The molecule has 0 saturated carbocycles. The molecule has 0 bridgehead atoms. The predicted octanol–water partition coefficient (Wildman–Crippen LogP) is 2.85. The van der Waals surface area contributed by atoms with Crippen molar-refractivity contribution in [2.75, 3.05) is 20.2 Å². The Kier molecular flexibility index (Phi) is 6.48. The van der Waals surface area contributed by atoms with Crippen LogP contribution in [0, 0.1) is 17.5 Å². The molecule has 0 atom stereocenters. The molecule has 0 saturated heterocycles. The van der Waals surface area contributed by atoms with Gasteiger partial charge in [0.05, 0.1) is 6.54 Å². The highest BCUT2D eigenvalue weighted by atomic mass is 19.2. The molecule has 0 unspecified atom stereocenters. The highest BCUT2D eigenvalue weighted by Gasteiger charge is 2.03. The number of halogens is 3. The Bertz CT molecular complexity index is 690. The van der Waals surface area contributed by atoms with E-state index < -0.39 is 11.6 Å². The third kappa shape index (κ3) is 5.49. The van der Waals surface area contributed by atoms with Crippen LogP contribution in [-0.2, 0) is 6.54 Å². The van der Waals surface area contributed by atoms with Gasteiger partial charge in [0.25, 0.3) is 0 Å². The minimum Gasteiger partial charge on any atom is -0.492 e. The van der Waals surface area contributed by atoms with Gasteiger partial charge in [0.2, 0.25) is 0 Å². The third-order valence-electron chi connectivity index (χ3n) is 3.15. The van der Waals surface area contributed by atoms with Crippen molar-refractivity contribution >= 4 is 5.96 Å². The molecule has 0 fully saturated rings. The molecule has 0 aromatic heterocycles. The first-order valence-corrected chi connectivity index (χ1v) is 7.35. The molecule has 128 valence electrons. The monoisotopic (exact) mass is 337 g/mol. The van der Waals surface area contributed by atoms with Crippen LogP contribution in [0.1, 0.15) is 5.56 Å². The second-order valence-electron chi connectivity index (χ2n) is 4.90. The fraction of sp³-hybridized carbons (Fsp3) is 0.235. The van der Waals surface area contributed by atoms with E-state index in [9.17, 15) is 13.2 Å². The van der Waals surface area contributed by atoms with E-state index in [-0.39, 0.29) is 18.2 Å². The third-order valence-corrected chi connectivity index (χ3v) is 3.15. The quantitative estimate of drug-likeness (QED) is 0.484. The molecule has 0 amide bonds. The van der Waals surface area contributed by atoms with Crippen molar-refractivity contribution in [1.29, 1.82) is 0 Å². The summed E-state index contributed by atoms with van der Waals surface area (Å²) in [5.74, 6) is -1.34.